The van der Waals surface area contributed by atoms with Gasteiger partial charge in [-0.1, -0.05) is 24.3 Å². The van der Waals surface area contributed by atoms with Crippen LogP contribution < -0.4 is 5.32 Å². The van der Waals surface area contributed by atoms with E-state index in [4.69, 9.17) is 0 Å². The van der Waals surface area contributed by atoms with Crippen LogP contribution in [0, 0.1) is 0 Å². The highest BCUT2D eigenvalue weighted by Gasteiger charge is 2.21. The summed E-state index contributed by atoms with van der Waals surface area (Å²) in [6, 6.07) is 8.32. The average molecular weight is 311 g/mol. The van der Waals surface area contributed by atoms with E-state index in [0.717, 1.165) is 44.0 Å². The first kappa shape index (κ1) is 14.2. The average Bonchev–Trinajstić information content (AvgIpc) is 3.02. The Bertz CT molecular complexity index is 724. The molecule has 0 aliphatic carbocycles. The van der Waals surface area contributed by atoms with Gasteiger partial charge in [0.2, 0.25) is 0 Å². The van der Waals surface area contributed by atoms with Crippen LogP contribution in [-0.2, 0) is 32.5 Å². The Morgan fingerprint density at radius 3 is 2.87 bits per heavy atom. The highest BCUT2D eigenvalue weighted by molar-refractivity contribution is 5.74. The van der Waals surface area contributed by atoms with E-state index < -0.39 is 0 Å². The van der Waals surface area contributed by atoms with E-state index >= 15 is 0 Å². The third-order valence-corrected chi connectivity index (χ3v) is 4.75. The van der Waals surface area contributed by atoms with Gasteiger partial charge in [0, 0.05) is 26.1 Å². The summed E-state index contributed by atoms with van der Waals surface area (Å²) >= 11 is 0. The minimum absolute atomic E-state index is 0.0207. The number of aryl methyl sites for hydroxylation is 1. The lowest BCUT2D eigenvalue weighted by atomic mass is 10.0. The number of benzene rings is 1. The molecule has 0 atom stereocenters. The van der Waals surface area contributed by atoms with Gasteiger partial charge < -0.3 is 14.8 Å². The summed E-state index contributed by atoms with van der Waals surface area (Å²) in [5.41, 5.74) is 2.59. The molecular weight excluding hydrogens is 290 g/mol. The maximum atomic E-state index is 12.4. The van der Waals surface area contributed by atoms with E-state index in [9.17, 15) is 4.79 Å². The van der Waals surface area contributed by atoms with Crippen LogP contribution in [0.3, 0.4) is 0 Å². The molecule has 1 aromatic heterocycles. The van der Waals surface area contributed by atoms with Crippen LogP contribution in [0.2, 0.25) is 0 Å². The molecule has 6 heteroatoms. The molecule has 120 valence electrons. The van der Waals surface area contributed by atoms with E-state index in [1.165, 1.54) is 17.5 Å². The van der Waals surface area contributed by atoms with Crippen molar-refractivity contribution in [3.63, 3.8) is 0 Å². The third-order valence-electron chi connectivity index (χ3n) is 4.75. The molecule has 1 N–H and O–H groups in total. The summed E-state index contributed by atoms with van der Waals surface area (Å²) in [5, 5.41) is 11.5. The van der Waals surface area contributed by atoms with E-state index in [1.54, 1.807) is 0 Å². The molecule has 4 rings (SSSR count). The topological polar surface area (TPSA) is 63.1 Å². The summed E-state index contributed by atoms with van der Waals surface area (Å²) in [4.78, 5) is 14.3. The van der Waals surface area contributed by atoms with E-state index in [0.29, 0.717) is 13.1 Å². The van der Waals surface area contributed by atoms with Crippen LogP contribution in [0.4, 0.5) is 4.79 Å². The standard InChI is InChI=1S/C17H21N5O/c23-17(21-10-8-13-5-1-2-6-14(13)12-21)18-11-16-20-19-15-7-3-4-9-22(15)16/h1-2,5-6H,3-4,7-12H2,(H,18,23). The Morgan fingerprint density at radius 2 is 1.96 bits per heavy atom. The monoisotopic (exact) mass is 311 g/mol. The van der Waals surface area contributed by atoms with Crippen LogP contribution in [-0.4, -0.2) is 32.2 Å². The molecule has 6 nitrogen and oxygen atoms in total. The zero-order valence-electron chi connectivity index (χ0n) is 13.2. The number of fused-ring (bicyclic) bond motifs is 2. The van der Waals surface area contributed by atoms with E-state index in [-0.39, 0.29) is 6.03 Å². The van der Waals surface area contributed by atoms with Crippen molar-refractivity contribution in [1.82, 2.24) is 25.0 Å². The fourth-order valence-electron chi connectivity index (χ4n) is 3.43. The van der Waals surface area contributed by atoms with Gasteiger partial charge >= 0.3 is 6.03 Å². The van der Waals surface area contributed by atoms with Crippen molar-refractivity contribution >= 4 is 6.03 Å². The van der Waals surface area contributed by atoms with Crippen LogP contribution in [0.25, 0.3) is 0 Å². The van der Waals surface area contributed by atoms with Crippen LogP contribution in [0.1, 0.15) is 35.6 Å². The first-order valence-electron chi connectivity index (χ1n) is 8.32. The van der Waals surface area contributed by atoms with Gasteiger partial charge in [-0.3, -0.25) is 0 Å². The van der Waals surface area contributed by atoms with E-state index in [2.05, 4.69) is 38.3 Å². The number of nitrogens with zero attached hydrogens (tertiary/aromatic N) is 4. The second-order valence-electron chi connectivity index (χ2n) is 6.24. The number of urea groups is 1. The van der Waals surface area contributed by atoms with Crippen molar-refractivity contribution in [3.05, 3.63) is 47.0 Å². The van der Waals surface area contributed by atoms with Crippen LogP contribution in [0.5, 0.6) is 0 Å². The number of amides is 2. The Morgan fingerprint density at radius 1 is 1.09 bits per heavy atom. The van der Waals surface area contributed by atoms with Crippen LogP contribution >= 0.6 is 0 Å². The van der Waals surface area contributed by atoms with Gasteiger partial charge in [-0.2, -0.15) is 0 Å². The number of aromatic nitrogens is 3. The quantitative estimate of drug-likeness (QED) is 0.921. The summed E-state index contributed by atoms with van der Waals surface area (Å²) in [7, 11) is 0. The van der Waals surface area contributed by atoms with Gasteiger partial charge in [-0.25, -0.2) is 4.79 Å². The number of carbonyl (C=O) groups is 1. The molecule has 0 unspecified atom stereocenters. The Hall–Kier alpha value is -2.37. The highest BCUT2D eigenvalue weighted by Crippen LogP contribution is 2.18. The molecule has 0 spiro atoms. The molecule has 2 aromatic rings. The molecule has 2 amide bonds. The van der Waals surface area contributed by atoms with Crippen molar-refractivity contribution in [2.45, 2.75) is 45.3 Å². The number of carbonyl (C=O) groups excluding carboxylic acids is 1. The molecule has 0 fully saturated rings. The van der Waals surface area contributed by atoms with Crippen molar-refractivity contribution in [2.75, 3.05) is 6.54 Å². The smallest absolute Gasteiger partial charge is 0.318 e. The minimum atomic E-state index is -0.0207. The second kappa shape index (κ2) is 6.02. The maximum Gasteiger partial charge on any atom is 0.318 e. The van der Waals surface area contributed by atoms with Crippen molar-refractivity contribution in [2.24, 2.45) is 0 Å². The first-order valence-corrected chi connectivity index (χ1v) is 8.32. The zero-order chi connectivity index (χ0) is 15.6. The summed E-state index contributed by atoms with van der Waals surface area (Å²) < 4.78 is 2.15. The Balaban J connectivity index is 1.38. The lowest BCUT2D eigenvalue weighted by Crippen LogP contribution is -2.42. The van der Waals surface area contributed by atoms with E-state index in [1.807, 2.05) is 11.0 Å². The highest BCUT2D eigenvalue weighted by atomic mass is 16.2. The largest absolute Gasteiger partial charge is 0.331 e. The molecule has 2 aliphatic heterocycles. The molecule has 0 radical (unpaired) electrons. The minimum Gasteiger partial charge on any atom is -0.331 e. The van der Waals surface area contributed by atoms with Crippen molar-refractivity contribution < 1.29 is 4.79 Å². The molecule has 0 saturated heterocycles. The second-order valence-corrected chi connectivity index (χ2v) is 6.24. The lowest BCUT2D eigenvalue weighted by molar-refractivity contribution is 0.191. The van der Waals surface area contributed by atoms with Gasteiger partial charge in [-0.05, 0) is 30.4 Å². The summed E-state index contributed by atoms with van der Waals surface area (Å²) in [5.74, 6) is 1.91. The van der Waals surface area contributed by atoms with Gasteiger partial charge in [0.1, 0.15) is 5.82 Å². The number of nitrogens with one attached hydrogen (secondary N) is 1. The summed E-state index contributed by atoms with van der Waals surface area (Å²) in [6.07, 6.45) is 4.25. The fraction of sp³-hybridized carbons (Fsp3) is 0.471. The van der Waals surface area contributed by atoms with Gasteiger partial charge in [0.15, 0.2) is 5.82 Å². The molecule has 0 bridgehead atoms. The lowest BCUT2D eigenvalue weighted by Gasteiger charge is -2.29. The molecule has 2 aliphatic rings. The first-order chi connectivity index (χ1) is 11.3. The van der Waals surface area contributed by atoms with Gasteiger partial charge in [0.05, 0.1) is 6.54 Å². The number of hydrogen-bond donors (Lipinski definition) is 1. The third kappa shape index (κ3) is 2.81. The van der Waals surface area contributed by atoms with Crippen molar-refractivity contribution in [1.29, 1.82) is 0 Å². The normalized spacial score (nSPS) is 16.6. The fourth-order valence-corrected chi connectivity index (χ4v) is 3.43. The molecule has 0 saturated carbocycles. The Kier molecular flexibility index (Phi) is 3.73. The number of rotatable bonds is 2. The predicted octanol–water partition coefficient (Wildman–Crippen LogP) is 1.88. The molecule has 1 aromatic carbocycles. The van der Waals surface area contributed by atoms with Crippen LogP contribution in [0.15, 0.2) is 24.3 Å². The SMILES string of the molecule is O=C(NCc1nnc2n1CCCC2)N1CCc2ccccc2C1. The molecule has 23 heavy (non-hydrogen) atoms. The molecule has 3 heterocycles. The Labute approximate surface area is 135 Å². The van der Waals surface area contributed by atoms with Gasteiger partial charge in [0.25, 0.3) is 0 Å². The van der Waals surface area contributed by atoms with Crippen molar-refractivity contribution in [3.8, 4) is 0 Å². The number of hydrogen-bond acceptors (Lipinski definition) is 3. The molecular formula is C17H21N5O. The summed E-state index contributed by atoms with van der Waals surface area (Å²) in [6.45, 7) is 2.86. The zero-order valence-corrected chi connectivity index (χ0v) is 13.2. The maximum absolute atomic E-state index is 12.4. The van der Waals surface area contributed by atoms with Gasteiger partial charge in [-0.15, -0.1) is 10.2 Å². The predicted molar refractivity (Wildman–Crippen MR) is 85.8 cm³/mol.